The lowest BCUT2D eigenvalue weighted by Crippen LogP contribution is -2.37. The normalized spacial score (nSPS) is 22.0. The average Bonchev–Trinajstić information content (AvgIpc) is 2.60. The summed E-state index contributed by atoms with van der Waals surface area (Å²) in [5.74, 6) is 0. The molecule has 0 bridgehead atoms. The van der Waals surface area contributed by atoms with E-state index in [0.29, 0.717) is 12.1 Å². The van der Waals surface area contributed by atoms with Crippen molar-refractivity contribution in [1.82, 2.24) is 10.2 Å². The quantitative estimate of drug-likeness (QED) is 0.922. The van der Waals surface area contributed by atoms with Crippen LogP contribution in [0.3, 0.4) is 0 Å². The molecular formula is C18H30N2O. The third-order valence-corrected chi connectivity index (χ3v) is 4.41. The number of likely N-dealkylation sites (N-methyl/N-ethyl adjacent to an activating group) is 1. The smallest absolute Gasteiger partial charge is 0.0673 e. The molecule has 1 N–H and O–H groups in total. The Hall–Kier alpha value is -0.900. The van der Waals surface area contributed by atoms with Crippen molar-refractivity contribution in [2.75, 3.05) is 33.3 Å². The highest BCUT2D eigenvalue weighted by Gasteiger charge is 2.21. The number of aryl methyl sites for hydroxylation is 3. The molecule has 1 heterocycles. The standard InChI is InChI=1S/C18H30N2O/c1-13-9-14(2)18(15(3)10-13)17(19-5)12-20-7-6-8-21-16(4)11-20/h9-10,16-17,19H,6-8,11-12H2,1-5H3. The van der Waals surface area contributed by atoms with E-state index in [0.717, 1.165) is 32.7 Å². The molecular weight excluding hydrogens is 260 g/mol. The first kappa shape index (κ1) is 16.5. The average molecular weight is 290 g/mol. The van der Waals surface area contributed by atoms with E-state index < -0.39 is 0 Å². The number of nitrogens with zero attached hydrogens (tertiary/aromatic N) is 1. The molecule has 1 aliphatic rings. The van der Waals surface area contributed by atoms with Crippen molar-refractivity contribution in [3.8, 4) is 0 Å². The van der Waals surface area contributed by atoms with Gasteiger partial charge in [-0.05, 0) is 57.9 Å². The van der Waals surface area contributed by atoms with E-state index in [1.165, 1.54) is 22.3 Å². The van der Waals surface area contributed by atoms with E-state index in [2.05, 4.69) is 57.1 Å². The van der Waals surface area contributed by atoms with Crippen molar-refractivity contribution < 1.29 is 4.74 Å². The van der Waals surface area contributed by atoms with Crippen LogP contribution in [0.25, 0.3) is 0 Å². The van der Waals surface area contributed by atoms with Gasteiger partial charge in [0, 0.05) is 32.3 Å². The van der Waals surface area contributed by atoms with Crippen molar-refractivity contribution in [1.29, 1.82) is 0 Å². The van der Waals surface area contributed by atoms with Gasteiger partial charge >= 0.3 is 0 Å². The van der Waals surface area contributed by atoms with Crippen LogP contribution in [-0.2, 0) is 4.74 Å². The second-order valence-electron chi connectivity index (χ2n) is 6.45. The molecule has 3 nitrogen and oxygen atoms in total. The Morgan fingerprint density at radius 2 is 1.95 bits per heavy atom. The highest BCUT2D eigenvalue weighted by molar-refractivity contribution is 5.39. The molecule has 0 spiro atoms. The van der Waals surface area contributed by atoms with Crippen LogP contribution in [0.5, 0.6) is 0 Å². The number of rotatable bonds is 4. The van der Waals surface area contributed by atoms with Crippen LogP contribution in [0, 0.1) is 20.8 Å². The molecule has 2 atom stereocenters. The zero-order chi connectivity index (χ0) is 15.4. The Morgan fingerprint density at radius 1 is 1.29 bits per heavy atom. The van der Waals surface area contributed by atoms with Crippen molar-refractivity contribution in [2.24, 2.45) is 0 Å². The second-order valence-corrected chi connectivity index (χ2v) is 6.45. The fourth-order valence-corrected chi connectivity index (χ4v) is 3.57. The molecule has 0 aromatic heterocycles. The van der Waals surface area contributed by atoms with Crippen LogP contribution in [-0.4, -0.2) is 44.3 Å². The van der Waals surface area contributed by atoms with Gasteiger partial charge in [-0.15, -0.1) is 0 Å². The van der Waals surface area contributed by atoms with Crippen molar-refractivity contribution in [2.45, 2.75) is 46.3 Å². The van der Waals surface area contributed by atoms with E-state index in [9.17, 15) is 0 Å². The first-order valence-electron chi connectivity index (χ1n) is 8.10. The Morgan fingerprint density at radius 3 is 2.57 bits per heavy atom. The second kappa shape index (κ2) is 7.39. The highest BCUT2D eigenvalue weighted by Crippen LogP contribution is 2.24. The molecule has 2 rings (SSSR count). The largest absolute Gasteiger partial charge is 0.377 e. The Kier molecular flexibility index (Phi) is 5.80. The van der Waals surface area contributed by atoms with Gasteiger partial charge in [-0.1, -0.05) is 17.7 Å². The van der Waals surface area contributed by atoms with Gasteiger partial charge in [0.1, 0.15) is 0 Å². The summed E-state index contributed by atoms with van der Waals surface area (Å²) in [6.07, 6.45) is 1.47. The fourth-order valence-electron chi connectivity index (χ4n) is 3.57. The first-order chi connectivity index (χ1) is 10.0. The van der Waals surface area contributed by atoms with Gasteiger partial charge in [0.15, 0.2) is 0 Å². The van der Waals surface area contributed by atoms with Gasteiger partial charge in [0.2, 0.25) is 0 Å². The minimum absolute atomic E-state index is 0.338. The van der Waals surface area contributed by atoms with E-state index in [1.54, 1.807) is 0 Å². The lowest BCUT2D eigenvalue weighted by atomic mass is 9.93. The van der Waals surface area contributed by atoms with Gasteiger partial charge < -0.3 is 10.1 Å². The summed E-state index contributed by atoms with van der Waals surface area (Å²) in [7, 11) is 2.07. The summed E-state index contributed by atoms with van der Waals surface area (Å²) in [5.41, 5.74) is 5.60. The zero-order valence-electron chi connectivity index (χ0n) is 14.2. The maximum atomic E-state index is 5.76. The first-order valence-corrected chi connectivity index (χ1v) is 8.10. The number of hydrogen-bond donors (Lipinski definition) is 1. The predicted octanol–water partition coefficient (Wildman–Crippen LogP) is 2.98. The van der Waals surface area contributed by atoms with Gasteiger partial charge in [-0.2, -0.15) is 0 Å². The summed E-state index contributed by atoms with van der Waals surface area (Å²) in [6, 6.07) is 4.97. The maximum Gasteiger partial charge on any atom is 0.0673 e. The lowest BCUT2D eigenvalue weighted by molar-refractivity contribution is 0.0665. The summed E-state index contributed by atoms with van der Waals surface area (Å²) < 4.78 is 5.76. The molecule has 1 aliphatic heterocycles. The molecule has 0 saturated carbocycles. The monoisotopic (exact) mass is 290 g/mol. The molecule has 0 radical (unpaired) electrons. The third kappa shape index (κ3) is 4.29. The van der Waals surface area contributed by atoms with Gasteiger partial charge in [-0.25, -0.2) is 0 Å². The van der Waals surface area contributed by atoms with Crippen molar-refractivity contribution in [3.63, 3.8) is 0 Å². The van der Waals surface area contributed by atoms with Crippen LogP contribution >= 0.6 is 0 Å². The molecule has 1 aromatic carbocycles. The maximum absolute atomic E-state index is 5.76. The molecule has 0 amide bonds. The van der Waals surface area contributed by atoms with E-state index in [4.69, 9.17) is 4.74 Å². The summed E-state index contributed by atoms with van der Waals surface area (Å²) >= 11 is 0. The van der Waals surface area contributed by atoms with E-state index in [1.807, 2.05) is 0 Å². The van der Waals surface area contributed by atoms with Crippen LogP contribution in [0.2, 0.25) is 0 Å². The molecule has 0 aliphatic carbocycles. The van der Waals surface area contributed by atoms with Gasteiger partial charge in [-0.3, -0.25) is 4.90 Å². The lowest BCUT2D eigenvalue weighted by Gasteiger charge is -2.29. The third-order valence-electron chi connectivity index (χ3n) is 4.41. The van der Waals surface area contributed by atoms with Crippen LogP contribution in [0.1, 0.15) is 41.6 Å². The van der Waals surface area contributed by atoms with Crippen molar-refractivity contribution >= 4 is 0 Å². The number of ether oxygens (including phenoxy) is 1. The zero-order valence-corrected chi connectivity index (χ0v) is 14.2. The molecule has 118 valence electrons. The topological polar surface area (TPSA) is 24.5 Å². The predicted molar refractivity (Wildman–Crippen MR) is 88.9 cm³/mol. The fraction of sp³-hybridized carbons (Fsp3) is 0.667. The molecule has 1 fully saturated rings. The van der Waals surface area contributed by atoms with Crippen LogP contribution in [0.4, 0.5) is 0 Å². The molecule has 2 unspecified atom stereocenters. The summed E-state index contributed by atoms with van der Waals surface area (Å²) in [6.45, 7) is 12.9. The Bertz CT molecular complexity index is 449. The van der Waals surface area contributed by atoms with E-state index >= 15 is 0 Å². The molecule has 1 saturated heterocycles. The van der Waals surface area contributed by atoms with Crippen LogP contribution < -0.4 is 5.32 Å². The van der Waals surface area contributed by atoms with Gasteiger partial charge in [0.25, 0.3) is 0 Å². The minimum atomic E-state index is 0.338. The molecule has 1 aromatic rings. The molecule has 3 heteroatoms. The van der Waals surface area contributed by atoms with Crippen molar-refractivity contribution in [3.05, 3.63) is 34.4 Å². The molecule has 21 heavy (non-hydrogen) atoms. The number of hydrogen-bond acceptors (Lipinski definition) is 3. The van der Waals surface area contributed by atoms with E-state index in [-0.39, 0.29) is 0 Å². The Balaban J connectivity index is 2.16. The minimum Gasteiger partial charge on any atom is -0.377 e. The number of nitrogens with one attached hydrogen (secondary N) is 1. The highest BCUT2D eigenvalue weighted by atomic mass is 16.5. The summed E-state index contributed by atoms with van der Waals surface area (Å²) in [5, 5.41) is 3.52. The van der Waals surface area contributed by atoms with Gasteiger partial charge in [0.05, 0.1) is 6.10 Å². The Labute approximate surface area is 129 Å². The SMILES string of the molecule is CNC(CN1CCCOC(C)C1)c1c(C)cc(C)cc1C. The summed E-state index contributed by atoms with van der Waals surface area (Å²) in [4.78, 5) is 2.54. The van der Waals surface area contributed by atoms with Crippen LogP contribution in [0.15, 0.2) is 12.1 Å². The number of benzene rings is 1.